The molecule has 0 aliphatic carbocycles. The number of aryl methyl sites for hydroxylation is 1. The van der Waals surface area contributed by atoms with Crippen LogP contribution in [0.4, 0.5) is 5.69 Å². The number of carbonyl (C=O) groups is 1. The van der Waals surface area contributed by atoms with Crippen LogP contribution in [0.2, 0.25) is 5.02 Å². The molecule has 1 N–H and O–H groups in total. The number of carbonyl (C=O) groups excluding carboxylic acids is 1. The highest BCUT2D eigenvalue weighted by molar-refractivity contribution is 6.30. The van der Waals surface area contributed by atoms with Gasteiger partial charge in [-0.25, -0.2) is 0 Å². The first-order chi connectivity index (χ1) is 11.9. The molecular formula is C19H29ClN3O2+. The van der Waals surface area contributed by atoms with Crippen molar-refractivity contribution in [1.29, 1.82) is 0 Å². The van der Waals surface area contributed by atoms with Crippen LogP contribution < -0.4 is 9.80 Å². The van der Waals surface area contributed by atoms with Crippen LogP contribution in [0.25, 0.3) is 0 Å². The van der Waals surface area contributed by atoms with Crippen molar-refractivity contribution in [2.24, 2.45) is 0 Å². The van der Waals surface area contributed by atoms with Gasteiger partial charge in [-0.3, -0.25) is 4.79 Å². The van der Waals surface area contributed by atoms with Gasteiger partial charge in [0.15, 0.2) is 6.54 Å². The average molecular weight is 367 g/mol. The minimum atomic E-state index is 0.130. The zero-order valence-corrected chi connectivity index (χ0v) is 16.2. The van der Waals surface area contributed by atoms with Crippen molar-refractivity contribution in [3.8, 4) is 0 Å². The van der Waals surface area contributed by atoms with E-state index in [0.29, 0.717) is 19.6 Å². The molecule has 25 heavy (non-hydrogen) atoms. The molecule has 0 unspecified atom stereocenters. The van der Waals surface area contributed by atoms with Crippen LogP contribution in [0.5, 0.6) is 0 Å². The molecule has 0 radical (unpaired) electrons. The molecule has 2 aliphatic heterocycles. The molecule has 1 amide bonds. The lowest BCUT2D eigenvalue weighted by atomic mass is 10.1. The Morgan fingerprint density at radius 3 is 2.52 bits per heavy atom. The van der Waals surface area contributed by atoms with Crippen LogP contribution in [0.1, 0.15) is 19.4 Å². The van der Waals surface area contributed by atoms with Crippen molar-refractivity contribution < 1.29 is 14.4 Å². The Bertz CT molecular complexity index is 607. The number of hydrogen-bond acceptors (Lipinski definition) is 3. The number of benzene rings is 1. The Hall–Kier alpha value is -1.30. The van der Waals surface area contributed by atoms with Gasteiger partial charge >= 0.3 is 0 Å². The molecule has 2 saturated heterocycles. The molecule has 2 fully saturated rings. The predicted octanol–water partition coefficient (Wildman–Crippen LogP) is 0.989. The number of nitrogens with zero attached hydrogens (tertiary/aromatic N) is 2. The van der Waals surface area contributed by atoms with E-state index in [-0.39, 0.29) is 18.1 Å². The van der Waals surface area contributed by atoms with Gasteiger partial charge in [-0.15, -0.1) is 0 Å². The van der Waals surface area contributed by atoms with E-state index in [9.17, 15) is 4.79 Å². The Labute approximate surface area is 155 Å². The van der Waals surface area contributed by atoms with Crippen LogP contribution in [-0.4, -0.2) is 68.8 Å². The normalized spacial score (nSPS) is 25.3. The number of amides is 1. The molecule has 0 bridgehead atoms. The Kier molecular flexibility index (Phi) is 5.87. The number of quaternary nitrogens is 1. The number of morpholine rings is 1. The zero-order valence-electron chi connectivity index (χ0n) is 15.4. The number of ether oxygens (including phenoxy) is 1. The highest BCUT2D eigenvalue weighted by atomic mass is 35.5. The topological polar surface area (TPSA) is 37.2 Å². The summed E-state index contributed by atoms with van der Waals surface area (Å²) in [6, 6.07) is 6.05. The molecule has 138 valence electrons. The molecule has 5 nitrogen and oxygen atoms in total. The minimum absolute atomic E-state index is 0.130. The maximum absolute atomic E-state index is 12.6. The second-order valence-electron chi connectivity index (χ2n) is 7.40. The Morgan fingerprint density at radius 1 is 1.24 bits per heavy atom. The van der Waals surface area contributed by atoms with Gasteiger partial charge in [0.05, 0.1) is 38.4 Å². The van der Waals surface area contributed by atoms with Gasteiger partial charge in [-0.05, 0) is 38.5 Å². The van der Waals surface area contributed by atoms with E-state index < -0.39 is 0 Å². The summed E-state index contributed by atoms with van der Waals surface area (Å²) in [5.41, 5.74) is 2.47. The third kappa shape index (κ3) is 4.66. The van der Waals surface area contributed by atoms with Crippen LogP contribution in [0.15, 0.2) is 18.2 Å². The van der Waals surface area contributed by atoms with Gasteiger partial charge in [-0.1, -0.05) is 17.7 Å². The molecule has 0 spiro atoms. The summed E-state index contributed by atoms with van der Waals surface area (Å²) >= 11 is 6.15. The minimum Gasteiger partial charge on any atom is -0.372 e. The molecule has 2 aliphatic rings. The molecule has 3 rings (SSSR count). The van der Waals surface area contributed by atoms with Crippen molar-refractivity contribution in [1.82, 2.24) is 4.90 Å². The first-order valence-electron chi connectivity index (χ1n) is 9.20. The summed E-state index contributed by atoms with van der Waals surface area (Å²) in [6.45, 7) is 12.1. The van der Waals surface area contributed by atoms with Crippen LogP contribution in [0, 0.1) is 6.92 Å². The zero-order chi connectivity index (χ0) is 18.0. The van der Waals surface area contributed by atoms with Gasteiger partial charge in [0.1, 0.15) is 0 Å². The van der Waals surface area contributed by atoms with Gasteiger partial charge < -0.3 is 19.4 Å². The largest absolute Gasteiger partial charge is 0.372 e. The van der Waals surface area contributed by atoms with Gasteiger partial charge in [0.2, 0.25) is 0 Å². The van der Waals surface area contributed by atoms with E-state index in [4.69, 9.17) is 16.3 Å². The van der Waals surface area contributed by atoms with Gasteiger partial charge in [-0.2, -0.15) is 0 Å². The van der Waals surface area contributed by atoms with Gasteiger partial charge in [0.25, 0.3) is 5.91 Å². The third-order valence-electron chi connectivity index (χ3n) is 5.16. The molecule has 0 aromatic heterocycles. The second kappa shape index (κ2) is 7.94. The van der Waals surface area contributed by atoms with Crippen molar-refractivity contribution in [2.45, 2.75) is 33.0 Å². The molecule has 2 heterocycles. The van der Waals surface area contributed by atoms with Crippen LogP contribution in [0.3, 0.4) is 0 Å². The highest BCUT2D eigenvalue weighted by Gasteiger charge is 2.29. The monoisotopic (exact) mass is 366 g/mol. The first kappa shape index (κ1) is 18.5. The number of piperazine rings is 1. The lowest BCUT2D eigenvalue weighted by Crippen LogP contribution is -3.16. The third-order valence-corrected chi connectivity index (χ3v) is 5.39. The maximum atomic E-state index is 12.6. The average Bonchev–Trinajstić information content (AvgIpc) is 2.57. The summed E-state index contributed by atoms with van der Waals surface area (Å²) in [6.07, 6.45) is 0.260. The summed E-state index contributed by atoms with van der Waals surface area (Å²) in [5.74, 6) is 0.254. The summed E-state index contributed by atoms with van der Waals surface area (Å²) in [4.78, 5) is 18.3. The number of nitrogens with one attached hydrogen (secondary N) is 1. The predicted molar refractivity (Wildman–Crippen MR) is 101 cm³/mol. The number of halogens is 1. The van der Waals surface area contributed by atoms with Crippen molar-refractivity contribution in [3.63, 3.8) is 0 Å². The Morgan fingerprint density at radius 2 is 1.88 bits per heavy atom. The van der Waals surface area contributed by atoms with E-state index in [1.807, 2.05) is 30.9 Å². The standard InChI is InChI=1S/C19H28ClN3O2/c1-14-4-5-17(20)10-18(14)22-8-6-21(7-9-22)13-19(24)23-11-15(2)25-16(3)12-23/h4-5,10,15-16H,6-9,11-13H2,1-3H3/p+1/t15-,16+. The summed E-state index contributed by atoms with van der Waals surface area (Å²) in [5, 5.41) is 0.779. The highest BCUT2D eigenvalue weighted by Crippen LogP contribution is 2.24. The fraction of sp³-hybridized carbons (Fsp3) is 0.632. The first-order valence-corrected chi connectivity index (χ1v) is 9.58. The van der Waals surface area contributed by atoms with Crippen molar-refractivity contribution in [2.75, 3.05) is 50.7 Å². The molecule has 2 atom stereocenters. The smallest absolute Gasteiger partial charge is 0.277 e. The van der Waals surface area contributed by atoms with E-state index in [1.54, 1.807) is 0 Å². The lowest BCUT2D eigenvalue weighted by molar-refractivity contribution is -0.892. The van der Waals surface area contributed by atoms with Gasteiger partial charge in [0, 0.05) is 23.8 Å². The molecule has 0 saturated carbocycles. The molecule has 6 heteroatoms. The summed E-state index contributed by atoms with van der Waals surface area (Å²) < 4.78 is 5.72. The van der Waals surface area contributed by atoms with Crippen molar-refractivity contribution >= 4 is 23.2 Å². The number of anilines is 1. The molecular weight excluding hydrogens is 338 g/mol. The Balaban J connectivity index is 1.52. The SMILES string of the molecule is Cc1ccc(Cl)cc1N1CC[NH+](CC(=O)N2C[C@@H](C)O[C@@H](C)C2)CC1. The molecule has 1 aromatic rings. The van der Waals surface area contributed by atoms with E-state index in [2.05, 4.69) is 17.9 Å². The number of rotatable bonds is 3. The number of hydrogen-bond donors (Lipinski definition) is 1. The van der Waals surface area contributed by atoms with E-state index >= 15 is 0 Å². The maximum Gasteiger partial charge on any atom is 0.277 e. The quantitative estimate of drug-likeness (QED) is 0.866. The van der Waals surface area contributed by atoms with E-state index in [0.717, 1.165) is 31.2 Å². The van der Waals surface area contributed by atoms with Crippen LogP contribution >= 0.6 is 11.6 Å². The van der Waals surface area contributed by atoms with E-state index in [1.165, 1.54) is 16.2 Å². The van der Waals surface area contributed by atoms with Crippen LogP contribution in [-0.2, 0) is 9.53 Å². The lowest BCUT2D eigenvalue weighted by Gasteiger charge is -2.37. The molecule has 1 aromatic carbocycles. The summed E-state index contributed by atoms with van der Waals surface area (Å²) in [7, 11) is 0. The fourth-order valence-corrected chi connectivity index (χ4v) is 4.04. The van der Waals surface area contributed by atoms with Crippen molar-refractivity contribution in [3.05, 3.63) is 28.8 Å². The fourth-order valence-electron chi connectivity index (χ4n) is 3.87. The second-order valence-corrected chi connectivity index (χ2v) is 7.84.